The van der Waals surface area contributed by atoms with Gasteiger partial charge in [-0.15, -0.1) is 11.8 Å². The second-order valence-electron chi connectivity index (χ2n) is 6.10. The lowest BCUT2D eigenvalue weighted by Gasteiger charge is -2.39. The maximum Gasteiger partial charge on any atom is 0.241 e. The van der Waals surface area contributed by atoms with Crippen LogP contribution in [0.2, 0.25) is 0 Å². The summed E-state index contributed by atoms with van der Waals surface area (Å²) < 4.78 is 5.46. The Balaban J connectivity index is 1.68. The summed E-state index contributed by atoms with van der Waals surface area (Å²) in [4.78, 5) is 18.2. The molecule has 0 saturated carbocycles. The van der Waals surface area contributed by atoms with Crippen LogP contribution in [0.5, 0.6) is 0 Å². The number of amides is 1. The third-order valence-electron chi connectivity index (χ3n) is 4.76. The van der Waals surface area contributed by atoms with Crippen molar-refractivity contribution < 1.29 is 9.53 Å². The molecule has 1 aromatic rings. The fraction of sp³-hybridized carbons (Fsp3) is 0.588. The van der Waals surface area contributed by atoms with Crippen LogP contribution in [0.1, 0.15) is 12.8 Å². The van der Waals surface area contributed by atoms with Crippen molar-refractivity contribution >= 4 is 23.4 Å². The first-order valence-electron chi connectivity index (χ1n) is 8.22. The number of anilines is 1. The van der Waals surface area contributed by atoms with E-state index in [0.717, 1.165) is 37.4 Å². The molecule has 5 nitrogen and oxygen atoms in total. The Morgan fingerprint density at radius 2 is 2.22 bits per heavy atom. The van der Waals surface area contributed by atoms with Gasteiger partial charge >= 0.3 is 0 Å². The van der Waals surface area contributed by atoms with E-state index in [1.54, 1.807) is 7.11 Å². The van der Waals surface area contributed by atoms with Gasteiger partial charge in [0.15, 0.2) is 0 Å². The quantitative estimate of drug-likeness (QED) is 0.905. The summed E-state index contributed by atoms with van der Waals surface area (Å²) in [7, 11) is 1.75. The highest BCUT2D eigenvalue weighted by Crippen LogP contribution is 2.34. The number of hydrogen-bond acceptors (Lipinski definition) is 5. The van der Waals surface area contributed by atoms with Crippen LogP contribution in [-0.4, -0.2) is 62.0 Å². The summed E-state index contributed by atoms with van der Waals surface area (Å²) in [6, 6.07) is 8.38. The molecule has 6 heteroatoms. The van der Waals surface area contributed by atoms with E-state index in [1.165, 1.54) is 4.90 Å². The number of fused-ring (bicyclic) bond motifs is 1. The molecule has 2 heterocycles. The number of carbonyl (C=O) groups is 1. The zero-order chi connectivity index (χ0) is 16.2. The highest BCUT2D eigenvalue weighted by atomic mass is 32.2. The van der Waals surface area contributed by atoms with Crippen molar-refractivity contribution in [1.82, 2.24) is 4.90 Å². The minimum Gasteiger partial charge on any atom is -0.381 e. The van der Waals surface area contributed by atoms with Gasteiger partial charge in [0.1, 0.15) is 0 Å². The molecule has 1 fully saturated rings. The second kappa shape index (κ2) is 7.66. The standard InChI is InChI=1S/C17H25N3O2S/c1-22-14-6-7-19(13(10-14)11-18)12-17(21)20-8-9-23-16-5-3-2-4-15(16)20/h2-5,13-14H,6-12,18H2,1H3. The predicted octanol–water partition coefficient (Wildman–Crippen LogP) is 1.56. The molecule has 2 atom stereocenters. The lowest BCUT2D eigenvalue weighted by molar-refractivity contribution is -0.121. The number of benzene rings is 1. The summed E-state index contributed by atoms with van der Waals surface area (Å²) >= 11 is 1.82. The number of thioether (sulfide) groups is 1. The van der Waals surface area contributed by atoms with Crippen molar-refractivity contribution in [2.45, 2.75) is 29.9 Å². The molecule has 0 bridgehead atoms. The van der Waals surface area contributed by atoms with Crippen molar-refractivity contribution in [1.29, 1.82) is 0 Å². The van der Waals surface area contributed by atoms with Crippen molar-refractivity contribution in [3.63, 3.8) is 0 Å². The first-order valence-corrected chi connectivity index (χ1v) is 9.20. The van der Waals surface area contributed by atoms with Gasteiger partial charge in [0.2, 0.25) is 5.91 Å². The van der Waals surface area contributed by atoms with E-state index in [-0.39, 0.29) is 18.1 Å². The molecule has 2 unspecified atom stereocenters. The second-order valence-corrected chi connectivity index (χ2v) is 7.24. The average molecular weight is 335 g/mol. The Hall–Kier alpha value is -1.08. The first kappa shape index (κ1) is 16.8. The molecule has 1 saturated heterocycles. The number of methoxy groups -OCH3 is 1. The van der Waals surface area contributed by atoms with Crippen LogP contribution >= 0.6 is 11.8 Å². The maximum atomic E-state index is 12.8. The summed E-state index contributed by atoms with van der Waals surface area (Å²) in [5, 5.41) is 0. The van der Waals surface area contributed by atoms with Gasteiger partial charge < -0.3 is 15.4 Å². The number of nitrogens with two attached hydrogens (primary N) is 1. The number of hydrogen-bond donors (Lipinski definition) is 1. The van der Waals surface area contributed by atoms with Gasteiger partial charge in [-0.1, -0.05) is 12.1 Å². The molecule has 3 rings (SSSR count). The highest BCUT2D eigenvalue weighted by Gasteiger charge is 2.31. The van der Waals surface area contributed by atoms with E-state index in [9.17, 15) is 4.79 Å². The summed E-state index contributed by atoms with van der Waals surface area (Å²) in [6.07, 6.45) is 2.14. The summed E-state index contributed by atoms with van der Waals surface area (Å²) in [5.74, 6) is 1.13. The van der Waals surface area contributed by atoms with Crippen molar-refractivity contribution in [3.8, 4) is 0 Å². The molecule has 0 aromatic heterocycles. The summed E-state index contributed by atoms with van der Waals surface area (Å²) in [6.45, 7) is 2.66. The molecule has 1 amide bonds. The molecule has 0 spiro atoms. The zero-order valence-corrected chi connectivity index (χ0v) is 14.4. The monoisotopic (exact) mass is 335 g/mol. The number of likely N-dealkylation sites (tertiary alicyclic amines) is 1. The van der Waals surface area contributed by atoms with E-state index in [2.05, 4.69) is 11.0 Å². The van der Waals surface area contributed by atoms with Crippen molar-refractivity contribution in [2.24, 2.45) is 5.73 Å². The first-order chi connectivity index (χ1) is 11.2. The topological polar surface area (TPSA) is 58.8 Å². The van der Waals surface area contributed by atoms with Crippen molar-refractivity contribution in [3.05, 3.63) is 24.3 Å². The van der Waals surface area contributed by atoms with Gasteiger partial charge in [-0.25, -0.2) is 0 Å². The number of nitrogens with zero attached hydrogens (tertiary/aromatic N) is 2. The number of piperidine rings is 1. The minimum absolute atomic E-state index is 0.173. The minimum atomic E-state index is 0.173. The van der Waals surface area contributed by atoms with E-state index in [1.807, 2.05) is 34.9 Å². The molecule has 1 aromatic carbocycles. The number of rotatable bonds is 4. The van der Waals surface area contributed by atoms with E-state index in [4.69, 9.17) is 10.5 Å². The van der Waals surface area contributed by atoms with Gasteiger partial charge in [0.25, 0.3) is 0 Å². The summed E-state index contributed by atoms with van der Waals surface area (Å²) in [5.41, 5.74) is 6.96. The van der Waals surface area contributed by atoms with Gasteiger partial charge in [0.05, 0.1) is 18.3 Å². The van der Waals surface area contributed by atoms with Gasteiger partial charge in [-0.05, 0) is 25.0 Å². The van der Waals surface area contributed by atoms with Crippen molar-refractivity contribution in [2.75, 3.05) is 43.9 Å². The Morgan fingerprint density at radius 3 is 3.00 bits per heavy atom. The predicted molar refractivity (Wildman–Crippen MR) is 94.0 cm³/mol. The number of ether oxygens (including phenoxy) is 1. The average Bonchev–Trinajstić information content (AvgIpc) is 2.61. The molecule has 0 radical (unpaired) electrons. The maximum absolute atomic E-state index is 12.8. The molecule has 2 aliphatic heterocycles. The molecule has 0 aliphatic carbocycles. The van der Waals surface area contributed by atoms with Gasteiger partial charge in [-0.2, -0.15) is 0 Å². The van der Waals surface area contributed by atoms with E-state index in [0.29, 0.717) is 13.1 Å². The number of para-hydroxylation sites is 1. The highest BCUT2D eigenvalue weighted by molar-refractivity contribution is 7.99. The Bertz CT molecular complexity index is 554. The third kappa shape index (κ3) is 3.71. The largest absolute Gasteiger partial charge is 0.381 e. The fourth-order valence-corrected chi connectivity index (χ4v) is 4.41. The number of carbonyl (C=O) groups excluding carboxylic acids is 1. The normalized spacial score (nSPS) is 25.2. The Kier molecular flexibility index (Phi) is 5.58. The lowest BCUT2D eigenvalue weighted by Crippen LogP contribution is -2.52. The van der Waals surface area contributed by atoms with E-state index >= 15 is 0 Å². The van der Waals surface area contributed by atoms with Crippen LogP contribution in [0.15, 0.2) is 29.2 Å². The van der Waals surface area contributed by atoms with E-state index < -0.39 is 0 Å². The molecule has 2 aliphatic rings. The van der Waals surface area contributed by atoms with Crippen LogP contribution in [-0.2, 0) is 9.53 Å². The van der Waals surface area contributed by atoms with Crippen LogP contribution in [0.3, 0.4) is 0 Å². The lowest BCUT2D eigenvalue weighted by atomic mass is 9.99. The van der Waals surface area contributed by atoms with Crippen LogP contribution in [0, 0.1) is 0 Å². The zero-order valence-electron chi connectivity index (χ0n) is 13.6. The fourth-order valence-electron chi connectivity index (χ4n) is 3.42. The SMILES string of the molecule is COC1CCN(CC(=O)N2CCSc3ccccc32)C(CN)C1. The van der Waals surface area contributed by atoms with Crippen LogP contribution < -0.4 is 10.6 Å². The Labute approximate surface area is 142 Å². The molecular weight excluding hydrogens is 310 g/mol. The molecule has 2 N–H and O–H groups in total. The van der Waals surface area contributed by atoms with Crippen LogP contribution in [0.4, 0.5) is 5.69 Å². The molecule has 126 valence electrons. The Morgan fingerprint density at radius 1 is 1.39 bits per heavy atom. The van der Waals surface area contributed by atoms with Crippen LogP contribution in [0.25, 0.3) is 0 Å². The smallest absolute Gasteiger partial charge is 0.241 e. The third-order valence-corrected chi connectivity index (χ3v) is 5.81. The molecular formula is C17H25N3O2S. The molecule has 23 heavy (non-hydrogen) atoms. The van der Waals surface area contributed by atoms with Gasteiger partial charge in [-0.3, -0.25) is 9.69 Å². The van der Waals surface area contributed by atoms with Gasteiger partial charge in [0, 0.05) is 43.4 Å².